The molecule has 0 aliphatic rings. The highest BCUT2D eigenvalue weighted by Gasteiger charge is 2.21. The molecule has 0 aliphatic heterocycles. The molecule has 1 atom stereocenters. The smallest absolute Gasteiger partial charge is 0.360 e. The van der Waals surface area contributed by atoms with Crippen molar-refractivity contribution in [1.82, 2.24) is 15.1 Å². The van der Waals surface area contributed by atoms with Gasteiger partial charge in [-0.2, -0.15) is 5.10 Å². The molecule has 162 valence electrons. The van der Waals surface area contributed by atoms with E-state index in [1.807, 2.05) is 44.2 Å². The number of rotatable bonds is 8. The number of benzene rings is 2. The number of ether oxygens (including phenoxy) is 1. The predicted molar refractivity (Wildman–Crippen MR) is 124 cm³/mol. The largest absolute Gasteiger partial charge is 0.461 e. The van der Waals surface area contributed by atoms with E-state index < -0.39 is 5.97 Å². The molecule has 0 saturated heterocycles. The summed E-state index contributed by atoms with van der Waals surface area (Å²) < 4.78 is 7.30. The van der Waals surface area contributed by atoms with Gasteiger partial charge in [-0.1, -0.05) is 30.3 Å². The van der Waals surface area contributed by atoms with E-state index in [9.17, 15) is 9.59 Å². The van der Waals surface area contributed by atoms with Crippen molar-refractivity contribution in [2.75, 3.05) is 6.61 Å². The van der Waals surface area contributed by atoms with Crippen LogP contribution in [-0.4, -0.2) is 34.3 Å². The quantitative estimate of drug-likeness (QED) is 0.463. The third-order valence-corrected chi connectivity index (χ3v) is 5.92. The summed E-state index contributed by atoms with van der Waals surface area (Å²) in [6.45, 7) is 5.90. The third kappa shape index (κ3) is 5.61. The molecule has 0 aliphatic carbocycles. The minimum atomic E-state index is -0.475. The Kier molecular flexibility index (Phi) is 7.63. The van der Waals surface area contributed by atoms with Crippen molar-refractivity contribution in [3.8, 4) is 5.69 Å². The number of hydrogen-bond acceptors (Lipinski definition) is 4. The van der Waals surface area contributed by atoms with Crippen molar-refractivity contribution in [1.29, 1.82) is 0 Å². The highest BCUT2D eigenvalue weighted by Crippen LogP contribution is 2.24. The summed E-state index contributed by atoms with van der Waals surface area (Å²) in [5.41, 5.74) is 3.59. The van der Waals surface area contributed by atoms with Crippen LogP contribution in [-0.2, 0) is 11.2 Å². The topological polar surface area (TPSA) is 73.2 Å². The summed E-state index contributed by atoms with van der Waals surface area (Å²) >= 11 is 3.42. The van der Waals surface area contributed by atoms with Crippen LogP contribution in [0.1, 0.15) is 52.4 Å². The molecule has 3 rings (SSSR count). The molecular weight excluding hydrogens is 458 g/mol. The van der Waals surface area contributed by atoms with E-state index in [0.29, 0.717) is 10.0 Å². The number of carbonyl (C=O) groups is 2. The van der Waals surface area contributed by atoms with Crippen LogP contribution in [0.3, 0.4) is 0 Å². The van der Waals surface area contributed by atoms with Gasteiger partial charge in [0.15, 0.2) is 5.69 Å². The number of hydrogen-bond donors (Lipinski definition) is 1. The van der Waals surface area contributed by atoms with Crippen molar-refractivity contribution in [2.24, 2.45) is 0 Å². The van der Waals surface area contributed by atoms with Gasteiger partial charge >= 0.3 is 5.97 Å². The van der Waals surface area contributed by atoms with Crippen LogP contribution < -0.4 is 5.32 Å². The SMILES string of the molecule is CCOC(=O)c1nn(-c2ccc(C(=O)NC(C)CCc3ccccc3)cc2)c(C)c1Br. The van der Waals surface area contributed by atoms with Gasteiger partial charge in [-0.05, 0) is 79.4 Å². The van der Waals surface area contributed by atoms with E-state index in [1.54, 1.807) is 23.7 Å². The number of amides is 1. The first-order chi connectivity index (χ1) is 14.9. The summed E-state index contributed by atoms with van der Waals surface area (Å²) in [5, 5.41) is 7.42. The fraction of sp³-hybridized carbons (Fsp3) is 0.292. The Balaban J connectivity index is 1.65. The molecule has 0 fully saturated rings. The van der Waals surface area contributed by atoms with E-state index in [4.69, 9.17) is 4.74 Å². The van der Waals surface area contributed by atoms with Crippen molar-refractivity contribution < 1.29 is 14.3 Å². The fourth-order valence-corrected chi connectivity index (χ4v) is 3.63. The normalized spacial score (nSPS) is 11.7. The monoisotopic (exact) mass is 483 g/mol. The van der Waals surface area contributed by atoms with Gasteiger partial charge < -0.3 is 10.1 Å². The molecule has 1 amide bonds. The van der Waals surface area contributed by atoms with Crippen LogP contribution in [0.25, 0.3) is 5.69 Å². The van der Waals surface area contributed by atoms with Gasteiger partial charge in [0.1, 0.15) is 0 Å². The van der Waals surface area contributed by atoms with Crippen LogP contribution in [0.2, 0.25) is 0 Å². The molecule has 0 saturated carbocycles. The van der Waals surface area contributed by atoms with Gasteiger partial charge in [0.2, 0.25) is 0 Å². The number of esters is 1. The maximum atomic E-state index is 12.6. The fourth-order valence-electron chi connectivity index (χ4n) is 3.23. The number of aryl methyl sites for hydroxylation is 1. The van der Waals surface area contributed by atoms with E-state index in [1.165, 1.54) is 5.56 Å². The van der Waals surface area contributed by atoms with Crippen molar-refractivity contribution in [3.63, 3.8) is 0 Å². The first-order valence-electron chi connectivity index (χ1n) is 10.3. The van der Waals surface area contributed by atoms with E-state index in [2.05, 4.69) is 38.5 Å². The van der Waals surface area contributed by atoms with E-state index >= 15 is 0 Å². The van der Waals surface area contributed by atoms with Crippen LogP contribution in [0, 0.1) is 6.92 Å². The van der Waals surface area contributed by atoms with E-state index in [-0.39, 0.29) is 24.2 Å². The number of nitrogens with one attached hydrogen (secondary N) is 1. The Morgan fingerprint density at radius 3 is 2.45 bits per heavy atom. The Morgan fingerprint density at radius 2 is 1.81 bits per heavy atom. The molecule has 31 heavy (non-hydrogen) atoms. The standard InChI is InChI=1S/C24H26BrN3O3/c1-4-31-24(30)22-21(25)17(3)28(27-22)20-14-12-19(13-15-20)23(29)26-16(2)10-11-18-8-6-5-7-9-18/h5-9,12-16H,4,10-11H2,1-3H3,(H,26,29). The minimum absolute atomic E-state index is 0.0591. The Labute approximate surface area is 190 Å². The molecule has 2 aromatic carbocycles. The van der Waals surface area contributed by atoms with Gasteiger partial charge in [-0.15, -0.1) is 0 Å². The lowest BCUT2D eigenvalue weighted by Crippen LogP contribution is -2.32. The second kappa shape index (κ2) is 10.4. The Morgan fingerprint density at radius 1 is 1.13 bits per heavy atom. The first kappa shape index (κ1) is 22.7. The summed E-state index contributed by atoms with van der Waals surface area (Å²) in [5.74, 6) is -0.589. The molecule has 1 N–H and O–H groups in total. The molecule has 6 nitrogen and oxygen atoms in total. The number of carbonyl (C=O) groups excluding carboxylic acids is 2. The number of nitrogens with zero attached hydrogens (tertiary/aromatic N) is 2. The van der Waals surface area contributed by atoms with Gasteiger partial charge in [-0.25, -0.2) is 9.48 Å². The predicted octanol–water partition coefficient (Wildman–Crippen LogP) is 4.87. The molecule has 3 aromatic rings. The van der Waals surface area contributed by atoms with Crippen molar-refractivity contribution in [2.45, 2.75) is 39.7 Å². The zero-order chi connectivity index (χ0) is 22.4. The Bertz CT molecular complexity index is 1050. The maximum Gasteiger partial charge on any atom is 0.360 e. The first-order valence-corrected chi connectivity index (χ1v) is 11.1. The van der Waals surface area contributed by atoms with Gasteiger partial charge in [0.05, 0.1) is 22.5 Å². The zero-order valence-corrected chi connectivity index (χ0v) is 19.5. The summed E-state index contributed by atoms with van der Waals surface area (Å²) in [6.07, 6.45) is 1.78. The van der Waals surface area contributed by atoms with Crippen LogP contribution >= 0.6 is 15.9 Å². The minimum Gasteiger partial charge on any atom is -0.461 e. The average Bonchev–Trinajstić information content (AvgIpc) is 3.08. The van der Waals surface area contributed by atoms with Crippen molar-refractivity contribution >= 4 is 27.8 Å². The van der Waals surface area contributed by atoms with Crippen molar-refractivity contribution in [3.05, 3.63) is 81.6 Å². The number of halogens is 1. The van der Waals surface area contributed by atoms with Crippen LogP contribution in [0.4, 0.5) is 0 Å². The lowest BCUT2D eigenvalue weighted by molar-refractivity contribution is 0.0517. The second-order valence-electron chi connectivity index (χ2n) is 7.33. The van der Waals surface area contributed by atoms with Gasteiger partial charge in [0.25, 0.3) is 5.91 Å². The average molecular weight is 484 g/mol. The number of aromatic nitrogens is 2. The summed E-state index contributed by atoms with van der Waals surface area (Å²) in [7, 11) is 0. The summed E-state index contributed by atoms with van der Waals surface area (Å²) in [4.78, 5) is 24.7. The molecule has 0 bridgehead atoms. The maximum absolute atomic E-state index is 12.6. The van der Waals surface area contributed by atoms with Gasteiger partial charge in [-0.3, -0.25) is 4.79 Å². The molecule has 1 unspecified atom stereocenters. The lowest BCUT2D eigenvalue weighted by Gasteiger charge is -2.14. The zero-order valence-electron chi connectivity index (χ0n) is 17.9. The second-order valence-corrected chi connectivity index (χ2v) is 8.12. The van der Waals surface area contributed by atoms with Gasteiger partial charge in [0, 0.05) is 11.6 Å². The highest BCUT2D eigenvalue weighted by atomic mass is 79.9. The molecule has 0 radical (unpaired) electrons. The molecule has 1 aromatic heterocycles. The van der Waals surface area contributed by atoms with E-state index in [0.717, 1.165) is 24.2 Å². The van der Waals surface area contributed by atoms with Crippen LogP contribution in [0.15, 0.2) is 59.1 Å². The molecule has 0 spiro atoms. The molecular formula is C24H26BrN3O3. The lowest BCUT2D eigenvalue weighted by atomic mass is 10.1. The van der Waals surface area contributed by atoms with Crippen LogP contribution in [0.5, 0.6) is 0 Å². The molecule has 7 heteroatoms. The Hall–Kier alpha value is -2.93. The molecule has 1 heterocycles. The highest BCUT2D eigenvalue weighted by molar-refractivity contribution is 9.10. The third-order valence-electron chi connectivity index (χ3n) is 4.97. The summed E-state index contributed by atoms with van der Waals surface area (Å²) in [6, 6.07) is 17.4.